The minimum atomic E-state index is -0.445. The Morgan fingerprint density at radius 2 is 2.12 bits per heavy atom. The maximum atomic E-state index is 10.7. The van der Waals surface area contributed by atoms with Crippen LogP contribution in [0, 0.1) is 24.0 Å². The molecule has 0 aliphatic carbocycles. The van der Waals surface area contributed by atoms with Crippen molar-refractivity contribution in [3.63, 3.8) is 0 Å². The van der Waals surface area contributed by atoms with Crippen LogP contribution in [-0.4, -0.2) is 19.3 Å². The zero-order valence-electron chi connectivity index (χ0n) is 8.67. The summed E-state index contributed by atoms with van der Waals surface area (Å²) in [5, 5.41) is 11.4. The molecule has 2 heterocycles. The van der Waals surface area contributed by atoms with Crippen molar-refractivity contribution in [2.75, 3.05) is 0 Å². The minimum Gasteiger partial charge on any atom is -0.258 e. The van der Waals surface area contributed by atoms with Crippen molar-refractivity contribution in [3.05, 3.63) is 33.9 Å². The Morgan fingerprint density at radius 3 is 2.69 bits per heavy atom. The average molecular weight is 236 g/mol. The highest BCUT2D eigenvalue weighted by Crippen LogP contribution is 2.29. The van der Waals surface area contributed by atoms with E-state index in [1.165, 1.54) is 17.7 Å². The first-order chi connectivity index (χ1) is 7.59. The monoisotopic (exact) mass is 236 g/mol. The Hall–Kier alpha value is -1.89. The van der Waals surface area contributed by atoms with Crippen LogP contribution in [0.25, 0.3) is 10.6 Å². The van der Waals surface area contributed by atoms with Crippen LogP contribution in [0.1, 0.15) is 11.4 Å². The summed E-state index contributed by atoms with van der Waals surface area (Å²) >= 11 is 1.21. The van der Waals surface area contributed by atoms with E-state index in [4.69, 9.17) is 0 Å². The van der Waals surface area contributed by atoms with Crippen molar-refractivity contribution < 1.29 is 4.92 Å². The summed E-state index contributed by atoms with van der Waals surface area (Å²) in [6.07, 6.45) is 2.81. The standard InChI is InChI=1S/C9H8N4O2S/c1-5-7(9-11-6(2)12-16-9)3-10-4-8(5)13(14)15/h3-4H,1-2H3. The largest absolute Gasteiger partial charge is 0.291 e. The fourth-order valence-electron chi connectivity index (χ4n) is 1.32. The van der Waals surface area contributed by atoms with Crippen LogP contribution in [0.15, 0.2) is 12.4 Å². The summed E-state index contributed by atoms with van der Waals surface area (Å²) in [5.74, 6) is 0.658. The van der Waals surface area contributed by atoms with Gasteiger partial charge in [-0.1, -0.05) is 0 Å². The van der Waals surface area contributed by atoms with Crippen molar-refractivity contribution >= 4 is 17.2 Å². The van der Waals surface area contributed by atoms with Crippen molar-refractivity contribution in [2.24, 2.45) is 0 Å². The van der Waals surface area contributed by atoms with Gasteiger partial charge in [-0.15, -0.1) is 0 Å². The van der Waals surface area contributed by atoms with Gasteiger partial charge in [0.25, 0.3) is 5.69 Å². The molecule has 0 fully saturated rings. The van der Waals surface area contributed by atoms with Crippen molar-refractivity contribution in [3.8, 4) is 10.6 Å². The van der Waals surface area contributed by atoms with Gasteiger partial charge in [0, 0.05) is 17.3 Å². The number of rotatable bonds is 2. The quantitative estimate of drug-likeness (QED) is 0.589. The van der Waals surface area contributed by atoms with Gasteiger partial charge in [0.1, 0.15) is 17.0 Å². The summed E-state index contributed by atoms with van der Waals surface area (Å²) in [7, 11) is 0. The summed E-state index contributed by atoms with van der Waals surface area (Å²) < 4.78 is 4.04. The van der Waals surface area contributed by atoms with E-state index in [-0.39, 0.29) is 5.69 Å². The fourth-order valence-corrected chi connectivity index (χ4v) is 2.06. The molecule has 0 atom stereocenters. The third kappa shape index (κ3) is 1.76. The number of nitrogens with zero attached hydrogens (tertiary/aromatic N) is 4. The van der Waals surface area contributed by atoms with E-state index in [2.05, 4.69) is 14.3 Å². The Bertz CT molecular complexity index is 552. The fraction of sp³-hybridized carbons (Fsp3) is 0.222. The lowest BCUT2D eigenvalue weighted by Gasteiger charge is -2.00. The number of pyridine rings is 1. The summed E-state index contributed by atoms with van der Waals surface area (Å²) in [4.78, 5) is 18.3. The lowest BCUT2D eigenvalue weighted by molar-refractivity contribution is -0.385. The summed E-state index contributed by atoms with van der Waals surface area (Å²) in [5.41, 5.74) is 1.24. The van der Waals surface area contributed by atoms with Crippen LogP contribution in [0.3, 0.4) is 0 Å². The maximum Gasteiger partial charge on any atom is 0.291 e. The molecule has 0 aliphatic heterocycles. The molecule has 2 aromatic rings. The molecule has 0 spiro atoms. The van der Waals surface area contributed by atoms with E-state index in [0.717, 1.165) is 0 Å². The van der Waals surface area contributed by atoms with E-state index in [0.29, 0.717) is 22.0 Å². The normalized spacial score (nSPS) is 10.4. The Morgan fingerprint density at radius 1 is 1.38 bits per heavy atom. The van der Waals surface area contributed by atoms with Gasteiger partial charge in [0.2, 0.25) is 0 Å². The van der Waals surface area contributed by atoms with Gasteiger partial charge in [0.15, 0.2) is 0 Å². The van der Waals surface area contributed by atoms with Gasteiger partial charge in [0.05, 0.1) is 4.92 Å². The molecule has 0 bridgehead atoms. The van der Waals surface area contributed by atoms with Crippen molar-refractivity contribution in [1.82, 2.24) is 14.3 Å². The lowest BCUT2D eigenvalue weighted by atomic mass is 10.1. The predicted octanol–water partition coefficient (Wildman–Crippen LogP) is 2.13. The molecule has 0 saturated heterocycles. The molecule has 0 aliphatic rings. The Labute approximate surface area is 95.3 Å². The number of aryl methyl sites for hydroxylation is 1. The lowest BCUT2D eigenvalue weighted by Crippen LogP contribution is -1.95. The van der Waals surface area contributed by atoms with E-state index in [9.17, 15) is 10.1 Å². The molecule has 0 unspecified atom stereocenters. The van der Waals surface area contributed by atoms with Crippen molar-refractivity contribution in [2.45, 2.75) is 13.8 Å². The first-order valence-corrected chi connectivity index (χ1v) is 5.26. The second-order valence-electron chi connectivity index (χ2n) is 3.24. The summed E-state index contributed by atoms with van der Waals surface area (Å²) in [6, 6.07) is 0. The molecular weight excluding hydrogens is 228 g/mol. The van der Waals surface area contributed by atoms with Crippen molar-refractivity contribution in [1.29, 1.82) is 0 Å². The second-order valence-corrected chi connectivity index (χ2v) is 3.99. The molecule has 7 heteroatoms. The molecule has 2 rings (SSSR count). The molecule has 16 heavy (non-hydrogen) atoms. The third-order valence-electron chi connectivity index (χ3n) is 2.14. The molecule has 0 radical (unpaired) electrons. The van der Waals surface area contributed by atoms with Gasteiger partial charge in [-0.2, -0.15) is 4.37 Å². The highest BCUT2D eigenvalue weighted by Gasteiger charge is 2.17. The average Bonchev–Trinajstić information content (AvgIpc) is 2.64. The molecule has 6 nitrogen and oxygen atoms in total. The zero-order chi connectivity index (χ0) is 11.7. The number of aromatic nitrogens is 3. The van der Waals surface area contributed by atoms with Gasteiger partial charge < -0.3 is 0 Å². The highest BCUT2D eigenvalue weighted by molar-refractivity contribution is 7.09. The van der Waals surface area contributed by atoms with E-state index < -0.39 is 4.92 Å². The number of nitro groups is 1. The van der Waals surface area contributed by atoms with Crippen LogP contribution < -0.4 is 0 Å². The minimum absolute atomic E-state index is 0.00496. The third-order valence-corrected chi connectivity index (χ3v) is 2.98. The van der Waals surface area contributed by atoms with Crippen LogP contribution in [0.2, 0.25) is 0 Å². The van der Waals surface area contributed by atoms with Crippen LogP contribution >= 0.6 is 11.5 Å². The maximum absolute atomic E-state index is 10.7. The molecule has 0 N–H and O–H groups in total. The van der Waals surface area contributed by atoms with Gasteiger partial charge in [-0.25, -0.2) is 4.98 Å². The number of hydrogen-bond donors (Lipinski definition) is 0. The Kier molecular flexibility index (Phi) is 2.61. The van der Waals surface area contributed by atoms with E-state index >= 15 is 0 Å². The second kappa shape index (κ2) is 3.93. The first kappa shape index (κ1) is 10.6. The SMILES string of the molecule is Cc1nsc(-c2cncc([N+](=O)[O-])c2C)n1. The molecule has 0 aromatic carbocycles. The molecule has 0 saturated carbocycles. The topological polar surface area (TPSA) is 81.8 Å². The predicted molar refractivity (Wildman–Crippen MR) is 59.3 cm³/mol. The highest BCUT2D eigenvalue weighted by atomic mass is 32.1. The zero-order valence-corrected chi connectivity index (χ0v) is 9.48. The summed E-state index contributed by atoms with van der Waals surface area (Å²) in [6.45, 7) is 3.46. The first-order valence-electron chi connectivity index (χ1n) is 4.49. The Balaban J connectivity index is 2.58. The number of hydrogen-bond acceptors (Lipinski definition) is 6. The smallest absolute Gasteiger partial charge is 0.258 e. The van der Waals surface area contributed by atoms with E-state index in [1.807, 2.05) is 0 Å². The van der Waals surface area contributed by atoms with Gasteiger partial charge >= 0.3 is 0 Å². The van der Waals surface area contributed by atoms with Crippen LogP contribution in [-0.2, 0) is 0 Å². The molecular formula is C9H8N4O2S. The molecule has 0 amide bonds. The van der Waals surface area contributed by atoms with Gasteiger partial charge in [-0.3, -0.25) is 15.1 Å². The van der Waals surface area contributed by atoms with Crippen LogP contribution in [0.4, 0.5) is 5.69 Å². The molecule has 82 valence electrons. The molecule has 2 aromatic heterocycles. The van der Waals surface area contributed by atoms with Crippen LogP contribution in [0.5, 0.6) is 0 Å². The van der Waals surface area contributed by atoms with Gasteiger partial charge in [-0.05, 0) is 25.4 Å². The van der Waals surface area contributed by atoms with E-state index in [1.54, 1.807) is 20.0 Å².